The number of carbonyl (C=O) groups excluding carboxylic acids is 1. The summed E-state index contributed by atoms with van der Waals surface area (Å²) < 4.78 is 12.1. The first-order chi connectivity index (χ1) is 17.2. The van der Waals surface area contributed by atoms with Crippen LogP contribution in [0.15, 0.2) is 114 Å². The monoisotopic (exact) mass is 476 g/mol. The highest BCUT2D eigenvalue weighted by atomic mass is 16.5. The number of hydrogen-bond donors (Lipinski definition) is 1. The van der Waals surface area contributed by atoms with Crippen LogP contribution in [-0.2, 0) is 4.74 Å². The van der Waals surface area contributed by atoms with Crippen molar-refractivity contribution in [3.63, 3.8) is 0 Å². The van der Waals surface area contributed by atoms with Gasteiger partial charge in [-0.1, -0.05) is 104 Å². The molecule has 1 heterocycles. The Bertz CT molecular complexity index is 1470. The van der Waals surface area contributed by atoms with Crippen molar-refractivity contribution >= 4 is 5.97 Å². The number of hydrogen-bond acceptors (Lipinski definition) is 4. The lowest BCUT2D eigenvalue weighted by Crippen LogP contribution is -2.07. The summed E-state index contributed by atoms with van der Waals surface area (Å²) in [6.45, 7) is 2.03. The molecule has 36 heavy (non-hydrogen) atoms. The molecule has 0 bridgehead atoms. The van der Waals surface area contributed by atoms with Crippen molar-refractivity contribution in [2.45, 2.75) is 14.4 Å². The molecule has 5 aromatic rings. The largest absolute Gasteiger partial charge is 0.508 e. The Balaban J connectivity index is 0.00000304. The SMILES string of the molecule is C.CCOC(=O)c1c(-c2ccccc2-c2cccc(O)c2)oc(-c2ccccc2)c1-c1ccccc1. The Morgan fingerprint density at radius 1 is 0.722 bits per heavy atom. The van der Waals surface area contributed by atoms with E-state index in [-0.39, 0.29) is 19.8 Å². The molecule has 0 unspecified atom stereocenters. The zero-order valence-corrected chi connectivity index (χ0v) is 19.3. The fourth-order valence-electron chi connectivity index (χ4n) is 4.30. The fraction of sp³-hybridized carbons (Fsp3) is 0.0938. The van der Waals surface area contributed by atoms with E-state index < -0.39 is 5.97 Å². The molecule has 0 saturated heterocycles. The summed E-state index contributed by atoms with van der Waals surface area (Å²) >= 11 is 0. The number of esters is 1. The van der Waals surface area contributed by atoms with Gasteiger partial charge in [0.25, 0.3) is 0 Å². The summed E-state index contributed by atoms with van der Waals surface area (Å²) in [5, 5.41) is 10.1. The highest BCUT2D eigenvalue weighted by Crippen LogP contribution is 2.46. The van der Waals surface area contributed by atoms with E-state index in [1.54, 1.807) is 25.1 Å². The predicted octanol–water partition coefficient (Wildman–Crippen LogP) is 8.47. The van der Waals surface area contributed by atoms with Crippen LogP contribution in [0.5, 0.6) is 5.75 Å². The topological polar surface area (TPSA) is 59.7 Å². The van der Waals surface area contributed by atoms with E-state index in [2.05, 4.69) is 0 Å². The number of benzene rings is 4. The Labute approximate surface area is 211 Å². The normalized spacial score (nSPS) is 10.5. The third kappa shape index (κ3) is 4.66. The summed E-state index contributed by atoms with van der Waals surface area (Å²) in [6.07, 6.45) is 0. The standard InChI is InChI=1S/C31H24O4.CH4/c1-2-34-31(33)28-27(21-12-5-3-6-13-21)29(22-14-7-4-8-15-22)35-30(28)26-19-10-9-18-25(26)23-16-11-17-24(32)20-23;/h3-20,32H,2H2,1H3;1H4. The highest BCUT2D eigenvalue weighted by molar-refractivity contribution is 6.08. The van der Waals surface area contributed by atoms with Crippen molar-refractivity contribution in [3.05, 3.63) is 115 Å². The zero-order valence-electron chi connectivity index (χ0n) is 19.3. The molecule has 0 spiro atoms. The molecule has 0 aliphatic rings. The van der Waals surface area contributed by atoms with Crippen LogP contribution in [0.25, 0.3) is 44.9 Å². The van der Waals surface area contributed by atoms with Gasteiger partial charge in [0.05, 0.1) is 6.61 Å². The Morgan fingerprint density at radius 2 is 1.31 bits per heavy atom. The second-order valence-electron chi connectivity index (χ2n) is 8.06. The molecule has 0 aliphatic carbocycles. The van der Waals surface area contributed by atoms with Crippen molar-refractivity contribution in [1.82, 2.24) is 0 Å². The number of phenols is 1. The number of carbonyl (C=O) groups is 1. The maximum atomic E-state index is 13.5. The number of aromatic hydroxyl groups is 1. The van der Waals surface area contributed by atoms with Gasteiger partial charge in [-0.2, -0.15) is 0 Å². The zero-order chi connectivity index (χ0) is 24.2. The fourth-order valence-corrected chi connectivity index (χ4v) is 4.30. The number of ether oxygens (including phenoxy) is 1. The van der Waals surface area contributed by atoms with Gasteiger partial charge in [-0.3, -0.25) is 0 Å². The Morgan fingerprint density at radius 3 is 1.94 bits per heavy atom. The minimum Gasteiger partial charge on any atom is -0.508 e. The van der Waals surface area contributed by atoms with Crippen LogP contribution in [0, 0.1) is 0 Å². The summed E-state index contributed by atoms with van der Waals surface area (Å²) in [7, 11) is 0. The average molecular weight is 477 g/mol. The summed E-state index contributed by atoms with van der Waals surface area (Å²) in [5.74, 6) is 0.746. The van der Waals surface area contributed by atoms with Crippen LogP contribution in [0.3, 0.4) is 0 Å². The molecular formula is C32H28O4. The molecule has 5 rings (SSSR count). The van der Waals surface area contributed by atoms with E-state index in [1.807, 2.05) is 91.0 Å². The highest BCUT2D eigenvalue weighted by Gasteiger charge is 2.30. The van der Waals surface area contributed by atoms with Crippen molar-refractivity contribution in [3.8, 4) is 50.7 Å². The van der Waals surface area contributed by atoms with Gasteiger partial charge < -0.3 is 14.3 Å². The first kappa shape index (κ1) is 24.6. The van der Waals surface area contributed by atoms with E-state index in [1.165, 1.54) is 0 Å². The number of phenolic OH excluding ortho intramolecular Hbond substituents is 1. The van der Waals surface area contributed by atoms with E-state index in [9.17, 15) is 9.90 Å². The van der Waals surface area contributed by atoms with E-state index in [4.69, 9.17) is 9.15 Å². The molecule has 0 aliphatic heterocycles. The minimum absolute atomic E-state index is 0. The van der Waals surface area contributed by atoms with Gasteiger partial charge in [0, 0.05) is 16.7 Å². The molecule has 4 heteroatoms. The molecule has 1 aromatic heterocycles. The number of rotatable bonds is 6. The molecule has 4 nitrogen and oxygen atoms in total. The summed E-state index contributed by atoms with van der Waals surface area (Å²) in [6, 6.07) is 34.2. The van der Waals surface area contributed by atoms with Crippen molar-refractivity contribution in [2.24, 2.45) is 0 Å². The van der Waals surface area contributed by atoms with E-state index in [0.29, 0.717) is 22.6 Å². The van der Waals surface area contributed by atoms with Crippen molar-refractivity contribution in [1.29, 1.82) is 0 Å². The lowest BCUT2D eigenvalue weighted by molar-refractivity contribution is 0.0527. The maximum absolute atomic E-state index is 13.5. The van der Waals surface area contributed by atoms with Gasteiger partial charge >= 0.3 is 5.97 Å². The van der Waals surface area contributed by atoms with Crippen molar-refractivity contribution < 1.29 is 19.1 Å². The first-order valence-electron chi connectivity index (χ1n) is 11.5. The van der Waals surface area contributed by atoms with E-state index >= 15 is 0 Å². The molecule has 0 radical (unpaired) electrons. The Hall–Kier alpha value is -4.57. The van der Waals surface area contributed by atoms with Gasteiger partial charge in [0.15, 0.2) is 5.76 Å². The molecule has 0 saturated carbocycles. The van der Waals surface area contributed by atoms with Gasteiger partial charge in [-0.15, -0.1) is 0 Å². The predicted molar refractivity (Wildman–Crippen MR) is 145 cm³/mol. The van der Waals surface area contributed by atoms with Crippen LogP contribution in [0.2, 0.25) is 0 Å². The molecule has 0 fully saturated rings. The van der Waals surface area contributed by atoms with Crippen LogP contribution in [0.1, 0.15) is 24.7 Å². The van der Waals surface area contributed by atoms with Gasteiger partial charge in [0.2, 0.25) is 0 Å². The summed E-state index contributed by atoms with van der Waals surface area (Å²) in [4.78, 5) is 13.5. The van der Waals surface area contributed by atoms with Gasteiger partial charge in [0.1, 0.15) is 17.1 Å². The average Bonchev–Trinajstić information content (AvgIpc) is 3.31. The third-order valence-electron chi connectivity index (χ3n) is 5.82. The van der Waals surface area contributed by atoms with Crippen LogP contribution >= 0.6 is 0 Å². The summed E-state index contributed by atoms with van der Waals surface area (Å²) in [5.41, 5.74) is 5.18. The second kappa shape index (κ2) is 10.8. The lowest BCUT2D eigenvalue weighted by atomic mass is 9.92. The van der Waals surface area contributed by atoms with E-state index in [0.717, 1.165) is 27.8 Å². The third-order valence-corrected chi connectivity index (χ3v) is 5.82. The lowest BCUT2D eigenvalue weighted by Gasteiger charge is -2.11. The molecule has 0 atom stereocenters. The van der Waals surface area contributed by atoms with Gasteiger partial charge in [-0.05, 0) is 35.7 Å². The van der Waals surface area contributed by atoms with Crippen LogP contribution in [0.4, 0.5) is 0 Å². The van der Waals surface area contributed by atoms with Crippen LogP contribution < -0.4 is 0 Å². The molecule has 1 N–H and O–H groups in total. The quantitative estimate of drug-likeness (QED) is 0.250. The minimum atomic E-state index is -0.446. The maximum Gasteiger partial charge on any atom is 0.342 e. The Kier molecular flexibility index (Phi) is 7.36. The molecule has 180 valence electrons. The molecule has 4 aromatic carbocycles. The molecule has 0 amide bonds. The van der Waals surface area contributed by atoms with Gasteiger partial charge in [-0.25, -0.2) is 4.79 Å². The second-order valence-corrected chi connectivity index (χ2v) is 8.06. The molecular weight excluding hydrogens is 448 g/mol. The number of furan rings is 1. The van der Waals surface area contributed by atoms with Crippen LogP contribution in [-0.4, -0.2) is 17.7 Å². The first-order valence-corrected chi connectivity index (χ1v) is 11.5. The smallest absolute Gasteiger partial charge is 0.342 e. The van der Waals surface area contributed by atoms with Crippen molar-refractivity contribution in [2.75, 3.05) is 6.61 Å².